The normalized spacial score (nSPS) is 15.1. The summed E-state index contributed by atoms with van der Waals surface area (Å²) in [5.74, 6) is 1.66. The quantitative estimate of drug-likeness (QED) is 0.614. The van der Waals surface area contributed by atoms with Crippen molar-refractivity contribution in [1.82, 2.24) is 24.6 Å². The van der Waals surface area contributed by atoms with Gasteiger partial charge in [-0.15, -0.1) is 0 Å². The molecule has 1 fully saturated rings. The van der Waals surface area contributed by atoms with Gasteiger partial charge in [0, 0.05) is 33.2 Å². The van der Waals surface area contributed by atoms with E-state index in [-0.39, 0.29) is 5.91 Å². The molecular weight excluding hydrogens is 423 g/mol. The zero-order valence-electron chi connectivity index (χ0n) is 17.5. The van der Waals surface area contributed by atoms with E-state index >= 15 is 0 Å². The first kappa shape index (κ1) is 20.9. The minimum absolute atomic E-state index is 0.0749. The molecule has 1 aliphatic rings. The Hall–Kier alpha value is -2.38. The van der Waals surface area contributed by atoms with Gasteiger partial charge in [0.15, 0.2) is 5.65 Å². The van der Waals surface area contributed by atoms with Gasteiger partial charge in [-0.2, -0.15) is 5.10 Å². The molecule has 158 valence electrons. The Morgan fingerprint density at radius 1 is 1.07 bits per heavy atom. The number of nitrogens with zero attached hydrogens (tertiary/aromatic N) is 6. The van der Waals surface area contributed by atoms with Crippen LogP contribution in [-0.2, 0) is 17.3 Å². The number of anilines is 1. The van der Waals surface area contributed by atoms with E-state index in [0.717, 1.165) is 22.4 Å². The van der Waals surface area contributed by atoms with Crippen LogP contribution in [0.4, 0.5) is 5.82 Å². The molecule has 0 unspecified atom stereocenters. The Bertz CT molecular complexity index is 1120. The smallest absolute Gasteiger partial charge is 0.232 e. The summed E-state index contributed by atoms with van der Waals surface area (Å²) in [5, 5.41) is 6.19. The van der Waals surface area contributed by atoms with Crippen LogP contribution in [-0.4, -0.2) is 56.7 Å². The fraction of sp³-hybridized carbons (Fsp3) is 0.429. The molecule has 3 aromatic rings. The lowest BCUT2D eigenvalue weighted by Gasteiger charge is -2.39. The van der Waals surface area contributed by atoms with Crippen LogP contribution >= 0.6 is 23.2 Å². The van der Waals surface area contributed by atoms with E-state index in [0.29, 0.717) is 42.0 Å². The van der Waals surface area contributed by atoms with Crippen LogP contribution in [0.1, 0.15) is 25.2 Å². The van der Waals surface area contributed by atoms with Crippen LogP contribution in [0.5, 0.6) is 0 Å². The Morgan fingerprint density at radius 2 is 1.77 bits per heavy atom. The lowest BCUT2D eigenvalue weighted by molar-refractivity contribution is -0.136. The van der Waals surface area contributed by atoms with Crippen LogP contribution in [0.3, 0.4) is 0 Å². The van der Waals surface area contributed by atoms with E-state index in [1.54, 1.807) is 23.0 Å². The zero-order chi connectivity index (χ0) is 21.6. The van der Waals surface area contributed by atoms with Crippen molar-refractivity contribution in [2.75, 3.05) is 31.1 Å². The average molecular weight is 447 g/mol. The molecule has 0 atom stereocenters. The number of aryl methyl sites for hydroxylation is 2. The molecule has 0 radical (unpaired) electrons. The predicted octanol–water partition coefficient (Wildman–Crippen LogP) is 3.60. The average Bonchev–Trinajstić information content (AvgIpc) is 3.09. The topological polar surface area (TPSA) is 67.2 Å². The van der Waals surface area contributed by atoms with Crippen molar-refractivity contribution in [3.05, 3.63) is 45.8 Å². The summed E-state index contributed by atoms with van der Waals surface area (Å²) in [5.41, 5.74) is 0.975. The molecule has 0 saturated carbocycles. The van der Waals surface area contributed by atoms with Crippen molar-refractivity contribution < 1.29 is 4.79 Å². The highest BCUT2D eigenvalue weighted by Gasteiger charge is 2.36. The molecule has 0 bridgehead atoms. The summed E-state index contributed by atoms with van der Waals surface area (Å²) in [6.45, 7) is 8.37. The molecule has 30 heavy (non-hydrogen) atoms. The molecular formula is C21H24Cl2N6O. The Labute approximate surface area is 185 Å². The van der Waals surface area contributed by atoms with Crippen molar-refractivity contribution in [1.29, 1.82) is 0 Å². The number of benzene rings is 1. The van der Waals surface area contributed by atoms with Gasteiger partial charge in [0.2, 0.25) is 5.91 Å². The van der Waals surface area contributed by atoms with Crippen molar-refractivity contribution in [2.45, 2.75) is 26.2 Å². The van der Waals surface area contributed by atoms with Gasteiger partial charge < -0.3 is 9.80 Å². The number of amides is 1. The van der Waals surface area contributed by atoms with Crippen molar-refractivity contribution in [3.63, 3.8) is 0 Å². The summed E-state index contributed by atoms with van der Waals surface area (Å²) < 4.78 is 1.76. The zero-order valence-corrected chi connectivity index (χ0v) is 19.0. The van der Waals surface area contributed by atoms with E-state index in [9.17, 15) is 4.79 Å². The number of piperazine rings is 1. The summed E-state index contributed by atoms with van der Waals surface area (Å²) in [6.07, 6.45) is 1.80. The van der Waals surface area contributed by atoms with Crippen LogP contribution in [0.2, 0.25) is 10.0 Å². The molecule has 0 aliphatic carbocycles. The highest BCUT2D eigenvalue weighted by atomic mass is 35.5. The molecule has 1 saturated heterocycles. The second-order valence-electron chi connectivity index (χ2n) is 8.13. The van der Waals surface area contributed by atoms with Crippen LogP contribution < -0.4 is 4.90 Å². The fourth-order valence-corrected chi connectivity index (χ4v) is 4.18. The molecule has 4 rings (SSSR count). The van der Waals surface area contributed by atoms with E-state index in [2.05, 4.69) is 20.0 Å². The van der Waals surface area contributed by atoms with Crippen LogP contribution in [0.25, 0.3) is 11.0 Å². The number of carbonyl (C=O) groups excluding carboxylic acids is 1. The maximum atomic E-state index is 13.3. The van der Waals surface area contributed by atoms with Gasteiger partial charge in [0.1, 0.15) is 11.6 Å². The summed E-state index contributed by atoms with van der Waals surface area (Å²) >= 11 is 12.2. The lowest BCUT2D eigenvalue weighted by atomic mass is 9.83. The van der Waals surface area contributed by atoms with E-state index < -0.39 is 5.41 Å². The number of fused-ring (bicyclic) bond motifs is 1. The highest BCUT2D eigenvalue weighted by Crippen LogP contribution is 2.32. The molecule has 9 heteroatoms. The van der Waals surface area contributed by atoms with Gasteiger partial charge in [0.05, 0.1) is 27.0 Å². The van der Waals surface area contributed by atoms with Gasteiger partial charge in [-0.3, -0.25) is 9.48 Å². The number of halogens is 2. The summed E-state index contributed by atoms with van der Waals surface area (Å²) in [4.78, 5) is 26.6. The van der Waals surface area contributed by atoms with Crippen molar-refractivity contribution in [2.24, 2.45) is 7.05 Å². The molecule has 1 aromatic carbocycles. The predicted molar refractivity (Wildman–Crippen MR) is 119 cm³/mol. The van der Waals surface area contributed by atoms with Crippen LogP contribution in [0, 0.1) is 6.92 Å². The standard InChI is InChI=1S/C21H24Cl2N6O/c1-13-25-18-15(12-24-27(18)4)19(26-13)28-7-9-29(10-8-28)20(30)21(2,3)14-5-6-16(22)17(23)11-14/h5-6,11-12H,7-10H2,1-4H3. The third-order valence-corrected chi connectivity index (χ3v) is 6.47. The number of rotatable bonds is 3. The third-order valence-electron chi connectivity index (χ3n) is 5.73. The number of hydrogen-bond acceptors (Lipinski definition) is 5. The maximum absolute atomic E-state index is 13.3. The number of aromatic nitrogens is 4. The molecule has 0 spiro atoms. The van der Waals surface area contributed by atoms with Crippen molar-refractivity contribution in [3.8, 4) is 0 Å². The van der Waals surface area contributed by atoms with E-state index in [4.69, 9.17) is 23.2 Å². The molecule has 1 amide bonds. The second-order valence-corrected chi connectivity index (χ2v) is 8.95. The summed E-state index contributed by atoms with van der Waals surface area (Å²) in [6, 6.07) is 5.38. The van der Waals surface area contributed by atoms with Gasteiger partial charge >= 0.3 is 0 Å². The Balaban J connectivity index is 1.52. The Kier molecular flexibility index (Phi) is 5.36. The number of carbonyl (C=O) groups is 1. The SMILES string of the molecule is Cc1nc(N2CCN(C(=O)C(C)(C)c3ccc(Cl)c(Cl)c3)CC2)c2cnn(C)c2n1. The first-order chi connectivity index (χ1) is 14.2. The molecule has 1 aliphatic heterocycles. The first-order valence-electron chi connectivity index (χ1n) is 9.84. The van der Waals surface area contributed by atoms with Crippen LogP contribution in [0.15, 0.2) is 24.4 Å². The molecule has 7 nitrogen and oxygen atoms in total. The first-order valence-corrected chi connectivity index (χ1v) is 10.6. The van der Waals surface area contributed by atoms with Gasteiger partial charge in [-0.25, -0.2) is 9.97 Å². The lowest BCUT2D eigenvalue weighted by Crippen LogP contribution is -2.53. The third kappa shape index (κ3) is 3.61. The summed E-state index contributed by atoms with van der Waals surface area (Å²) in [7, 11) is 1.88. The van der Waals surface area contributed by atoms with E-state index in [1.807, 2.05) is 38.8 Å². The minimum Gasteiger partial charge on any atom is -0.352 e. The monoisotopic (exact) mass is 446 g/mol. The minimum atomic E-state index is -0.696. The fourth-order valence-electron chi connectivity index (χ4n) is 3.88. The van der Waals surface area contributed by atoms with Gasteiger partial charge in [-0.1, -0.05) is 29.3 Å². The van der Waals surface area contributed by atoms with E-state index in [1.165, 1.54) is 0 Å². The maximum Gasteiger partial charge on any atom is 0.232 e. The molecule has 3 heterocycles. The van der Waals surface area contributed by atoms with Crippen molar-refractivity contribution >= 4 is 46.0 Å². The highest BCUT2D eigenvalue weighted by molar-refractivity contribution is 6.42. The second kappa shape index (κ2) is 7.71. The number of hydrogen-bond donors (Lipinski definition) is 0. The Morgan fingerprint density at radius 3 is 2.43 bits per heavy atom. The molecule has 0 N–H and O–H groups in total. The van der Waals surface area contributed by atoms with Gasteiger partial charge in [0.25, 0.3) is 0 Å². The molecule has 2 aromatic heterocycles. The van der Waals surface area contributed by atoms with Gasteiger partial charge in [-0.05, 0) is 38.5 Å². The largest absolute Gasteiger partial charge is 0.352 e.